The van der Waals surface area contributed by atoms with Crippen LogP contribution in [0.3, 0.4) is 0 Å². The van der Waals surface area contributed by atoms with Crippen LogP contribution in [-0.4, -0.2) is 50.2 Å². The predicted octanol–water partition coefficient (Wildman–Crippen LogP) is 2.04. The standard InChI is InChI=1S/C15H30N2O2/c1-4-6-13-7-8-15(18)17(10-9-13)11-14(12-19-3)16-5-2/h13-14,16H,4-12H2,1-3H3. The van der Waals surface area contributed by atoms with Gasteiger partial charge >= 0.3 is 0 Å². The number of likely N-dealkylation sites (N-methyl/N-ethyl adjacent to an activating group) is 1. The summed E-state index contributed by atoms with van der Waals surface area (Å²) >= 11 is 0. The third-order valence-corrected chi connectivity index (χ3v) is 3.92. The Hall–Kier alpha value is -0.610. The topological polar surface area (TPSA) is 41.6 Å². The molecule has 2 unspecified atom stereocenters. The molecule has 112 valence electrons. The molecule has 0 aromatic rings. The van der Waals surface area contributed by atoms with E-state index in [1.807, 2.05) is 4.90 Å². The van der Waals surface area contributed by atoms with Crippen molar-refractivity contribution in [2.75, 3.05) is 33.4 Å². The Morgan fingerprint density at radius 3 is 2.84 bits per heavy atom. The average Bonchev–Trinajstić information content (AvgIpc) is 2.55. The molecule has 1 fully saturated rings. The van der Waals surface area contributed by atoms with Crippen molar-refractivity contribution < 1.29 is 9.53 Å². The number of ether oxygens (including phenoxy) is 1. The molecule has 4 heteroatoms. The van der Waals surface area contributed by atoms with Gasteiger partial charge in [-0.25, -0.2) is 0 Å². The summed E-state index contributed by atoms with van der Waals surface area (Å²) in [6.45, 7) is 7.58. The second-order valence-corrected chi connectivity index (χ2v) is 5.53. The average molecular weight is 270 g/mol. The molecule has 1 amide bonds. The summed E-state index contributed by atoms with van der Waals surface area (Å²) in [5.74, 6) is 1.05. The summed E-state index contributed by atoms with van der Waals surface area (Å²) in [4.78, 5) is 14.2. The van der Waals surface area contributed by atoms with E-state index in [-0.39, 0.29) is 6.04 Å². The molecular weight excluding hydrogens is 240 g/mol. The van der Waals surface area contributed by atoms with Gasteiger partial charge in [0.2, 0.25) is 5.91 Å². The van der Waals surface area contributed by atoms with Crippen LogP contribution in [0.5, 0.6) is 0 Å². The van der Waals surface area contributed by atoms with Crippen molar-refractivity contribution in [3.05, 3.63) is 0 Å². The first-order valence-electron chi connectivity index (χ1n) is 7.71. The first-order valence-corrected chi connectivity index (χ1v) is 7.71. The van der Waals surface area contributed by atoms with Crippen LogP contribution in [-0.2, 0) is 9.53 Å². The van der Waals surface area contributed by atoms with Crippen molar-refractivity contribution >= 4 is 5.91 Å². The highest BCUT2D eigenvalue weighted by atomic mass is 16.5. The van der Waals surface area contributed by atoms with Crippen molar-refractivity contribution in [2.45, 2.75) is 52.0 Å². The van der Waals surface area contributed by atoms with Gasteiger partial charge in [-0.05, 0) is 25.3 Å². The zero-order valence-corrected chi connectivity index (χ0v) is 12.8. The van der Waals surface area contributed by atoms with E-state index in [0.717, 1.165) is 44.8 Å². The molecule has 0 bridgehead atoms. The van der Waals surface area contributed by atoms with Crippen LogP contribution in [0.25, 0.3) is 0 Å². The molecule has 0 aromatic heterocycles. The zero-order chi connectivity index (χ0) is 14.1. The van der Waals surface area contributed by atoms with Gasteiger partial charge in [-0.1, -0.05) is 26.7 Å². The highest BCUT2D eigenvalue weighted by Gasteiger charge is 2.24. The van der Waals surface area contributed by atoms with Gasteiger partial charge in [0.1, 0.15) is 0 Å². The summed E-state index contributed by atoms with van der Waals surface area (Å²) < 4.78 is 5.22. The van der Waals surface area contributed by atoms with Crippen LogP contribution in [0.4, 0.5) is 0 Å². The molecule has 1 aliphatic heterocycles. The lowest BCUT2D eigenvalue weighted by Gasteiger charge is -2.27. The Morgan fingerprint density at radius 1 is 1.42 bits per heavy atom. The van der Waals surface area contributed by atoms with Crippen molar-refractivity contribution in [1.29, 1.82) is 0 Å². The van der Waals surface area contributed by atoms with Crippen LogP contribution in [0.1, 0.15) is 46.0 Å². The Morgan fingerprint density at radius 2 is 2.21 bits per heavy atom. The van der Waals surface area contributed by atoms with Crippen LogP contribution in [0.15, 0.2) is 0 Å². The molecular formula is C15H30N2O2. The number of carbonyl (C=O) groups excluding carboxylic acids is 1. The van der Waals surface area contributed by atoms with Gasteiger partial charge in [0.25, 0.3) is 0 Å². The fraction of sp³-hybridized carbons (Fsp3) is 0.933. The minimum atomic E-state index is 0.252. The Labute approximate surface area is 117 Å². The largest absolute Gasteiger partial charge is 0.383 e. The van der Waals surface area contributed by atoms with Crippen molar-refractivity contribution in [2.24, 2.45) is 5.92 Å². The Kier molecular flexibility index (Phi) is 8.07. The lowest BCUT2D eigenvalue weighted by Crippen LogP contribution is -2.45. The maximum Gasteiger partial charge on any atom is 0.222 e. The summed E-state index contributed by atoms with van der Waals surface area (Å²) in [5.41, 5.74) is 0. The number of rotatable bonds is 8. The van der Waals surface area contributed by atoms with E-state index >= 15 is 0 Å². The van der Waals surface area contributed by atoms with E-state index in [9.17, 15) is 4.79 Å². The van der Waals surface area contributed by atoms with Gasteiger partial charge in [-0.15, -0.1) is 0 Å². The molecule has 0 radical (unpaired) electrons. The molecule has 0 spiro atoms. The van der Waals surface area contributed by atoms with Crippen molar-refractivity contribution in [3.63, 3.8) is 0 Å². The number of nitrogens with zero attached hydrogens (tertiary/aromatic N) is 1. The number of amides is 1. The number of carbonyl (C=O) groups is 1. The number of hydrogen-bond donors (Lipinski definition) is 1. The van der Waals surface area contributed by atoms with Crippen molar-refractivity contribution in [3.8, 4) is 0 Å². The lowest BCUT2D eigenvalue weighted by molar-refractivity contribution is -0.131. The molecule has 1 N–H and O–H groups in total. The van der Waals surface area contributed by atoms with E-state index < -0.39 is 0 Å². The Balaban J connectivity index is 2.48. The maximum atomic E-state index is 12.2. The smallest absolute Gasteiger partial charge is 0.222 e. The molecule has 1 rings (SSSR count). The second kappa shape index (κ2) is 9.32. The summed E-state index contributed by atoms with van der Waals surface area (Å²) in [6, 6.07) is 0.252. The zero-order valence-electron chi connectivity index (χ0n) is 12.8. The van der Waals surface area contributed by atoms with E-state index in [0.29, 0.717) is 12.5 Å². The quantitative estimate of drug-likeness (QED) is 0.734. The van der Waals surface area contributed by atoms with Crippen molar-refractivity contribution in [1.82, 2.24) is 10.2 Å². The number of likely N-dealkylation sites (tertiary alicyclic amines) is 1. The van der Waals surface area contributed by atoms with E-state index in [1.165, 1.54) is 12.8 Å². The van der Waals surface area contributed by atoms with Gasteiger partial charge in [0, 0.05) is 32.7 Å². The summed E-state index contributed by atoms with van der Waals surface area (Å²) in [7, 11) is 1.71. The highest BCUT2D eigenvalue weighted by molar-refractivity contribution is 5.76. The first kappa shape index (κ1) is 16.4. The molecule has 1 aliphatic rings. The number of hydrogen-bond acceptors (Lipinski definition) is 3. The van der Waals surface area contributed by atoms with Crippen LogP contribution in [0, 0.1) is 5.92 Å². The molecule has 0 aromatic carbocycles. The lowest BCUT2D eigenvalue weighted by atomic mass is 9.96. The third kappa shape index (κ3) is 5.91. The van der Waals surface area contributed by atoms with Crippen LogP contribution < -0.4 is 5.32 Å². The molecule has 1 heterocycles. The van der Waals surface area contributed by atoms with E-state index in [1.54, 1.807) is 7.11 Å². The van der Waals surface area contributed by atoms with E-state index in [2.05, 4.69) is 19.2 Å². The van der Waals surface area contributed by atoms with Gasteiger partial charge in [0.05, 0.1) is 6.61 Å². The van der Waals surface area contributed by atoms with Gasteiger partial charge in [0.15, 0.2) is 0 Å². The second-order valence-electron chi connectivity index (χ2n) is 5.53. The van der Waals surface area contributed by atoms with Crippen LogP contribution >= 0.6 is 0 Å². The molecule has 0 aliphatic carbocycles. The summed E-state index contributed by atoms with van der Waals surface area (Å²) in [5, 5.41) is 3.39. The first-order chi connectivity index (χ1) is 9.21. The summed E-state index contributed by atoms with van der Waals surface area (Å²) in [6.07, 6.45) is 5.43. The minimum absolute atomic E-state index is 0.252. The predicted molar refractivity (Wildman–Crippen MR) is 78.2 cm³/mol. The molecule has 1 saturated heterocycles. The highest BCUT2D eigenvalue weighted by Crippen LogP contribution is 2.22. The SMILES string of the molecule is CCCC1CCC(=O)N(CC(COC)NCC)CC1. The third-order valence-electron chi connectivity index (χ3n) is 3.92. The van der Waals surface area contributed by atoms with Gasteiger partial charge in [-0.3, -0.25) is 4.79 Å². The number of nitrogens with one attached hydrogen (secondary N) is 1. The monoisotopic (exact) mass is 270 g/mol. The Bertz CT molecular complexity index is 253. The molecule has 2 atom stereocenters. The minimum Gasteiger partial charge on any atom is -0.383 e. The van der Waals surface area contributed by atoms with E-state index in [4.69, 9.17) is 4.74 Å². The fourth-order valence-electron chi connectivity index (χ4n) is 2.92. The van der Waals surface area contributed by atoms with Gasteiger partial charge in [-0.2, -0.15) is 0 Å². The van der Waals surface area contributed by atoms with Gasteiger partial charge < -0.3 is 15.0 Å². The maximum absolute atomic E-state index is 12.2. The number of methoxy groups -OCH3 is 1. The molecule has 19 heavy (non-hydrogen) atoms. The van der Waals surface area contributed by atoms with Crippen LogP contribution in [0.2, 0.25) is 0 Å². The molecule has 0 saturated carbocycles. The molecule has 4 nitrogen and oxygen atoms in total. The normalized spacial score (nSPS) is 22.4. The fourth-order valence-corrected chi connectivity index (χ4v) is 2.92.